The molecule has 0 saturated heterocycles. The summed E-state index contributed by atoms with van der Waals surface area (Å²) in [5.41, 5.74) is 5.79. The van der Waals surface area contributed by atoms with Gasteiger partial charge in [0.2, 0.25) is 0 Å². The van der Waals surface area contributed by atoms with Crippen molar-refractivity contribution in [3.8, 4) is 5.00 Å². The van der Waals surface area contributed by atoms with Gasteiger partial charge in [-0.1, -0.05) is 24.3 Å². The third-order valence-corrected chi connectivity index (χ3v) is 9.31. The summed E-state index contributed by atoms with van der Waals surface area (Å²) in [5.74, 6) is -0.276. The summed E-state index contributed by atoms with van der Waals surface area (Å²) in [7, 11) is 0. The fourth-order valence-corrected chi connectivity index (χ4v) is 7.22. The summed E-state index contributed by atoms with van der Waals surface area (Å²) in [4.78, 5) is 18.5. The van der Waals surface area contributed by atoms with Crippen molar-refractivity contribution < 1.29 is 9.18 Å². The van der Waals surface area contributed by atoms with Gasteiger partial charge in [0.25, 0.3) is 0 Å². The molecule has 6 rings (SSSR count). The van der Waals surface area contributed by atoms with Crippen molar-refractivity contribution in [1.82, 2.24) is 14.8 Å². The number of aryl methyl sites for hydroxylation is 1. The largest absolute Gasteiger partial charge is 0.334 e. The smallest absolute Gasteiger partial charge is 0.318 e. The number of rotatable bonds is 4. The van der Waals surface area contributed by atoms with E-state index < -0.39 is 0 Å². The Labute approximate surface area is 219 Å². The lowest BCUT2D eigenvalue weighted by atomic mass is 9.95. The summed E-state index contributed by atoms with van der Waals surface area (Å²) in [6.45, 7) is 0.913. The highest BCUT2D eigenvalue weighted by Gasteiger charge is 2.36. The molecule has 0 spiro atoms. The van der Waals surface area contributed by atoms with Crippen LogP contribution >= 0.6 is 23.1 Å². The van der Waals surface area contributed by atoms with E-state index in [9.17, 15) is 9.18 Å². The van der Waals surface area contributed by atoms with E-state index in [0.29, 0.717) is 13.1 Å². The monoisotopic (exact) mass is 517 g/mol. The Hall–Kier alpha value is -3.03. The number of benzene rings is 2. The van der Waals surface area contributed by atoms with Gasteiger partial charge in [0.05, 0.1) is 18.3 Å². The van der Waals surface area contributed by atoms with Gasteiger partial charge in [0.1, 0.15) is 10.8 Å². The standard InChI is InChI=1S/C29H28FN3OS2/c1-35-22-14-10-20(11-15-22)27-25-6-4-16-32(25)28-24(23-5-2-3-7-26(23)36-28)18-33(27)29(34)31-17-19-8-12-21(30)13-9-19/h4,6,8-16,27H,2-3,5,7,17-18H2,1H3,(H,31,34)/t27-/m0/s1. The van der Waals surface area contributed by atoms with Crippen molar-refractivity contribution in [2.24, 2.45) is 0 Å². The second-order valence-corrected chi connectivity index (χ2v) is 11.3. The summed E-state index contributed by atoms with van der Waals surface area (Å²) in [6, 6.07) is 18.7. The molecular formula is C29H28FN3OS2. The van der Waals surface area contributed by atoms with Crippen molar-refractivity contribution in [2.75, 3.05) is 6.26 Å². The molecule has 0 unspecified atom stereocenters. The first kappa shape index (κ1) is 23.4. The van der Waals surface area contributed by atoms with Crippen LogP contribution in [0.15, 0.2) is 71.8 Å². The lowest BCUT2D eigenvalue weighted by Crippen LogP contribution is -2.41. The predicted molar refractivity (Wildman–Crippen MR) is 145 cm³/mol. The highest BCUT2D eigenvalue weighted by molar-refractivity contribution is 7.98. The first-order chi connectivity index (χ1) is 17.6. The van der Waals surface area contributed by atoms with Crippen LogP contribution in [0.5, 0.6) is 0 Å². The molecule has 1 aliphatic carbocycles. The number of aromatic nitrogens is 1. The summed E-state index contributed by atoms with van der Waals surface area (Å²) >= 11 is 3.61. The van der Waals surface area contributed by atoms with Crippen LogP contribution in [0, 0.1) is 5.82 Å². The molecule has 0 saturated carbocycles. The summed E-state index contributed by atoms with van der Waals surface area (Å²) in [6.07, 6.45) is 8.85. The number of carbonyl (C=O) groups excluding carboxylic acids is 1. The number of thioether (sulfide) groups is 1. The van der Waals surface area contributed by atoms with Crippen LogP contribution in [-0.4, -0.2) is 21.8 Å². The van der Waals surface area contributed by atoms with Gasteiger partial charge in [-0.3, -0.25) is 0 Å². The molecule has 0 fully saturated rings. The van der Waals surface area contributed by atoms with Crippen LogP contribution < -0.4 is 5.32 Å². The minimum Gasteiger partial charge on any atom is -0.334 e. The normalized spacial score (nSPS) is 16.6. The van der Waals surface area contributed by atoms with E-state index in [1.165, 1.54) is 50.9 Å². The van der Waals surface area contributed by atoms with Crippen LogP contribution in [0.25, 0.3) is 5.00 Å². The molecule has 7 heteroatoms. The van der Waals surface area contributed by atoms with E-state index in [1.54, 1.807) is 23.9 Å². The van der Waals surface area contributed by atoms with Crippen molar-refractivity contribution >= 4 is 29.1 Å². The highest BCUT2D eigenvalue weighted by Crippen LogP contribution is 2.44. The zero-order valence-corrected chi connectivity index (χ0v) is 21.8. The average Bonchev–Trinajstić information content (AvgIpc) is 3.50. The topological polar surface area (TPSA) is 37.3 Å². The van der Waals surface area contributed by atoms with Gasteiger partial charge in [-0.2, -0.15) is 0 Å². The van der Waals surface area contributed by atoms with Crippen LogP contribution in [0.1, 0.15) is 51.7 Å². The number of halogens is 1. The van der Waals surface area contributed by atoms with E-state index in [1.807, 2.05) is 16.2 Å². The Morgan fingerprint density at radius 1 is 1.06 bits per heavy atom. The Morgan fingerprint density at radius 3 is 2.61 bits per heavy atom. The lowest BCUT2D eigenvalue weighted by molar-refractivity contribution is 0.180. The van der Waals surface area contributed by atoms with E-state index in [0.717, 1.165) is 29.7 Å². The Morgan fingerprint density at radius 2 is 1.83 bits per heavy atom. The van der Waals surface area contributed by atoms with Gasteiger partial charge in [0, 0.05) is 28.1 Å². The van der Waals surface area contributed by atoms with Gasteiger partial charge in [-0.25, -0.2) is 9.18 Å². The Balaban J connectivity index is 1.42. The molecule has 2 amide bonds. The summed E-state index contributed by atoms with van der Waals surface area (Å²) < 4.78 is 15.7. The maximum atomic E-state index is 13.9. The van der Waals surface area contributed by atoms with Gasteiger partial charge in [-0.05, 0) is 85.0 Å². The number of thiophene rings is 1. The van der Waals surface area contributed by atoms with Crippen LogP contribution in [-0.2, 0) is 25.9 Å². The predicted octanol–water partition coefficient (Wildman–Crippen LogP) is 7.09. The second kappa shape index (κ2) is 9.79. The van der Waals surface area contributed by atoms with E-state index in [2.05, 4.69) is 58.7 Å². The first-order valence-corrected chi connectivity index (χ1v) is 14.4. The SMILES string of the molecule is CSc1ccc([C@H]2c3cccn3-c3sc4c(c3CN2C(=O)NCc2ccc(F)cc2)CCCC4)cc1. The number of carbonyl (C=O) groups is 1. The van der Waals surface area contributed by atoms with Gasteiger partial charge < -0.3 is 14.8 Å². The molecule has 0 bridgehead atoms. The van der Waals surface area contributed by atoms with Crippen molar-refractivity contribution in [2.45, 2.75) is 49.7 Å². The molecule has 2 aromatic heterocycles. The minimum atomic E-state index is -0.276. The fraction of sp³-hybridized carbons (Fsp3) is 0.276. The molecule has 2 aromatic carbocycles. The number of nitrogens with zero attached hydrogens (tertiary/aromatic N) is 2. The number of nitrogens with one attached hydrogen (secondary N) is 1. The van der Waals surface area contributed by atoms with Crippen molar-refractivity contribution in [3.05, 3.63) is 106 Å². The van der Waals surface area contributed by atoms with Crippen molar-refractivity contribution in [3.63, 3.8) is 0 Å². The van der Waals surface area contributed by atoms with Gasteiger partial charge in [-0.15, -0.1) is 23.1 Å². The number of hydrogen-bond acceptors (Lipinski definition) is 3. The molecule has 3 heterocycles. The molecule has 36 heavy (non-hydrogen) atoms. The third-order valence-electron chi connectivity index (χ3n) is 7.23. The molecule has 1 N–H and O–H groups in total. The molecule has 0 radical (unpaired) electrons. The number of amides is 2. The van der Waals surface area contributed by atoms with Gasteiger partial charge in [0.15, 0.2) is 0 Å². The molecule has 4 aromatic rings. The fourth-order valence-electron chi connectivity index (χ4n) is 5.41. The van der Waals surface area contributed by atoms with Crippen LogP contribution in [0.4, 0.5) is 9.18 Å². The maximum absolute atomic E-state index is 13.9. The van der Waals surface area contributed by atoms with E-state index >= 15 is 0 Å². The number of urea groups is 1. The molecular weight excluding hydrogens is 489 g/mol. The van der Waals surface area contributed by atoms with E-state index in [-0.39, 0.29) is 17.9 Å². The van der Waals surface area contributed by atoms with Crippen LogP contribution in [0.2, 0.25) is 0 Å². The maximum Gasteiger partial charge on any atom is 0.318 e. The zero-order valence-electron chi connectivity index (χ0n) is 20.2. The number of hydrogen-bond donors (Lipinski definition) is 1. The molecule has 2 aliphatic rings. The lowest BCUT2D eigenvalue weighted by Gasteiger charge is -2.31. The molecule has 1 atom stereocenters. The Bertz CT molecular complexity index is 1390. The Kier molecular flexibility index (Phi) is 6.36. The molecule has 184 valence electrons. The van der Waals surface area contributed by atoms with Crippen LogP contribution in [0.3, 0.4) is 0 Å². The quantitative estimate of drug-likeness (QED) is 0.293. The van der Waals surface area contributed by atoms with Crippen molar-refractivity contribution in [1.29, 1.82) is 0 Å². The second-order valence-electron chi connectivity index (χ2n) is 9.39. The zero-order chi connectivity index (χ0) is 24.6. The minimum absolute atomic E-state index is 0.116. The van der Waals surface area contributed by atoms with E-state index in [4.69, 9.17) is 0 Å². The average molecular weight is 518 g/mol. The summed E-state index contributed by atoms with van der Waals surface area (Å²) in [5, 5.41) is 4.37. The van der Waals surface area contributed by atoms with Gasteiger partial charge >= 0.3 is 6.03 Å². The first-order valence-electron chi connectivity index (χ1n) is 12.4. The third kappa shape index (κ3) is 4.24. The molecule has 1 aliphatic heterocycles. The highest BCUT2D eigenvalue weighted by atomic mass is 32.2. The number of fused-ring (bicyclic) bond motifs is 5. The molecule has 4 nitrogen and oxygen atoms in total.